The van der Waals surface area contributed by atoms with Gasteiger partial charge >= 0.3 is 0 Å². The van der Waals surface area contributed by atoms with Crippen LogP contribution in [0.4, 0.5) is 10.2 Å². The van der Waals surface area contributed by atoms with E-state index >= 15 is 0 Å². The molecule has 0 aliphatic carbocycles. The third-order valence-corrected chi connectivity index (χ3v) is 4.50. The number of rotatable bonds is 5. The summed E-state index contributed by atoms with van der Waals surface area (Å²) in [6.45, 7) is 0.243. The van der Waals surface area contributed by atoms with Crippen molar-refractivity contribution in [3.05, 3.63) is 76.2 Å². The van der Waals surface area contributed by atoms with Crippen LogP contribution in [0.3, 0.4) is 0 Å². The summed E-state index contributed by atoms with van der Waals surface area (Å²) < 4.78 is 19.3. The average molecular weight is 377 g/mol. The van der Waals surface area contributed by atoms with Crippen LogP contribution < -0.4 is 10.5 Å². The molecule has 0 radical (unpaired) electrons. The molecule has 0 aliphatic rings. The summed E-state index contributed by atoms with van der Waals surface area (Å²) in [5, 5.41) is 0.416. The molecule has 0 aliphatic heterocycles. The zero-order valence-corrected chi connectivity index (χ0v) is 14.7. The zero-order chi connectivity index (χ0) is 17.8. The quantitative estimate of drug-likeness (QED) is 0.606. The first-order valence-corrected chi connectivity index (χ1v) is 8.38. The molecule has 2 aromatic carbocycles. The normalized spacial score (nSPS) is 10.7. The number of halogens is 3. The monoisotopic (exact) mass is 376 g/mol. The minimum absolute atomic E-state index is 0.0141. The maximum atomic E-state index is 13.6. The van der Waals surface area contributed by atoms with E-state index < -0.39 is 5.82 Å². The van der Waals surface area contributed by atoms with Crippen molar-refractivity contribution in [2.45, 2.75) is 6.42 Å². The van der Waals surface area contributed by atoms with E-state index in [-0.39, 0.29) is 17.4 Å². The van der Waals surface area contributed by atoms with E-state index in [1.165, 1.54) is 12.1 Å². The van der Waals surface area contributed by atoms with Crippen molar-refractivity contribution in [3.8, 4) is 16.9 Å². The van der Waals surface area contributed by atoms with Crippen LogP contribution in [0.5, 0.6) is 5.75 Å². The zero-order valence-electron chi connectivity index (χ0n) is 13.2. The highest BCUT2D eigenvalue weighted by Crippen LogP contribution is 2.29. The molecule has 25 heavy (non-hydrogen) atoms. The van der Waals surface area contributed by atoms with E-state index in [1.54, 1.807) is 6.20 Å². The number of nitrogens with zero attached hydrogens (tertiary/aromatic N) is 1. The third-order valence-electron chi connectivity index (χ3n) is 3.74. The molecule has 3 nitrogen and oxygen atoms in total. The van der Waals surface area contributed by atoms with Crippen molar-refractivity contribution in [1.29, 1.82) is 0 Å². The van der Waals surface area contributed by atoms with Gasteiger partial charge in [-0.1, -0.05) is 53.5 Å². The highest BCUT2D eigenvalue weighted by atomic mass is 35.5. The van der Waals surface area contributed by atoms with Crippen LogP contribution in [0.25, 0.3) is 11.1 Å². The van der Waals surface area contributed by atoms with E-state index in [0.717, 1.165) is 11.1 Å². The van der Waals surface area contributed by atoms with Crippen LogP contribution in [0.15, 0.2) is 54.7 Å². The number of aromatic nitrogens is 1. The lowest BCUT2D eigenvalue weighted by molar-refractivity contribution is 0.322. The SMILES string of the molecule is Nc1ncc(-c2ccccc2)cc1OCCc1c(Cl)ccc(F)c1Cl. The van der Waals surface area contributed by atoms with Gasteiger partial charge in [0.2, 0.25) is 0 Å². The molecule has 0 saturated heterocycles. The summed E-state index contributed by atoms with van der Waals surface area (Å²) in [6.07, 6.45) is 2.04. The Morgan fingerprint density at radius 2 is 1.80 bits per heavy atom. The topological polar surface area (TPSA) is 48.1 Å². The predicted molar refractivity (Wildman–Crippen MR) is 99.7 cm³/mol. The number of nitrogens with two attached hydrogens (primary N) is 1. The maximum absolute atomic E-state index is 13.6. The Morgan fingerprint density at radius 3 is 2.56 bits per heavy atom. The fourth-order valence-electron chi connectivity index (χ4n) is 2.42. The molecule has 6 heteroatoms. The molecule has 0 saturated carbocycles. The number of nitrogen functional groups attached to an aromatic ring is 1. The largest absolute Gasteiger partial charge is 0.489 e. The summed E-state index contributed by atoms with van der Waals surface area (Å²) in [5.41, 5.74) is 8.30. The van der Waals surface area contributed by atoms with Gasteiger partial charge in [0.15, 0.2) is 11.6 Å². The molecule has 1 aromatic heterocycles. The van der Waals surface area contributed by atoms with Crippen LogP contribution in [0.1, 0.15) is 5.56 Å². The Labute approximate surface area is 155 Å². The van der Waals surface area contributed by atoms with Crippen LogP contribution >= 0.6 is 23.2 Å². The Kier molecular flexibility index (Phi) is 5.41. The smallest absolute Gasteiger partial charge is 0.166 e. The van der Waals surface area contributed by atoms with Gasteiger partial charge in [-0.25, -0.2) is 9.37 Å². The summed E-state index contributed by atoms with van der Waals surface area (Å²) in [7, 11) is 0. The van der Waals surface area contributed by atoms with Gasteiger partial charge in [0.05, 0.1) is 11.6 Å². The van der Waals surface area contributed by atoms with E-state index in [4.69, 9.17) is 33.7 Å². The minimum atomic E-state index is -0.506. The molecule has 0 unspecified atom stereocenters. The first-order valence-electron chi connectivity index (χ1n) is 7.62. The molecule has 1 heterocycles. The average Bonchev–Trinajstić information content (AvgIpc) is 2.63. The lowest BCUT2D eigenvalue weighted by Gasteiger charge is -2.12. The van der Waals surface area contributed by atoms with Gasteiger partial charge in [0, 0.05) is 23.2 Å². The molecule has 0 fully saturated rings. The summed E-state index contributed by atoms with van der Waals surface area (Å²) in [5.74, 6) is 0.245. The van der Waals surface area contributed by atoms with Crippen molar-refractivity contribution in [1.82, 2.24) is 4.98 Å². The number of pyridine rings is 1. The Balaban J connectivity index is 1.75. The van der Waals surface area contributed by atoms with Gasteiger partial charge in [0.1, 0.15) is 5.82 Å². The molecular weight excluding hydrogens is 362 g/mol. The highest BCUT2D eigenvalue weighted by Gasteiger charge is 2.12. The lowest BCUT2D eigenvalue weighted by atomic mass is 10.1. The fraction of sp³-hybridized carbons (Fsp3) is 0.105. The van der Waals surface area contributed by atoms with Crippen molar-refractivity contribution in [3.63, 3.8) is 0 Å². The molecule has 0 amide bonds. The Morgan fingerprint density at radius 1 is 1.04 bits per heavy atom. The standard InChI is InChI=1S/C19H15Cl2FN2O/c20-15-6-7-16(22)18(21)14(15)8-9-25-17-10-13(11-24-19(17)23)12-4-2-1-3-5-12/h1-7,10-11H,8-9H2,(H2,23,24). The van der Waals surface area contributed by atoms with E-state index in [2.05, 4.69) is 4.98 Å². The Hall–Kier alpha value is -2.30. The molecule has 128 valence electrons. The van der Waals surface area contributed by atoms with Crippen molar-refractivity contribution in [2.75, 3.05) is 12.3 Å². The number of hydrogen-bond acceptors (Lipinski definition) is 3. The second kappa shape index (κ2) is 7.72. The first kappa shape index (κ1) is 17.5. The fourth-order valence-corrected chi connectivity index (χ4v) is 2.98. The van der Waals surface area contributed by atoms with Gasteiger partial charge < -0.3 is 10.5 Å². The number of ether oxygens (including phenoxy) is 1. The summed E-state index contributed by atoms with van der Waals surface area (Å²) in [6, 6.07) is 14.3. The lowest BCUT2D eigenvalue weighted by Crippen LogP contribution is -2.06. The first-order chi connectivity index (χ1) is 12.1. The van der Waals surface area contributed by atoms with E-state index in [0.29, 0.717) is 22.8 Å². The van der Waals surface area contributed by atoms with Crippen molar-refractivity contribution >= 4 is 29.0 Å². The van der Waals surface area contributed by atoms with Crippen LogP contribution in [0, 0.1) is 5.82 Å². The van der Waals surface area contributed by atoms with Crippen molar-refractivity contribution < 1.29 is 9.13 Å². The Bertz CT molecular complexity index is 888. The summed E-state index contributed by atoms with van der Waals surface area (Å²) >= 11 is 12.0. The predicted octanol–water partition coefficient (Wildman–Crippen LogP) is 5.40. The summed E-state index contributed by atoms with van der Waals surface area (Å²) in [4.78, 5) is 4.17. The van der Waals surface area contributed by atoms with E-state index in [1.807, 2.05) is 36.4 Å². The minimum Gasteiger partial charge on any atom is -0.489 e. The van der Waals surface area contributed by atoms with Gasteiger partial charge in [-0.2, -0.15) is 0 Å². The molecule has 0 atom stereocenters. The number of anilines is 1. The second-order valence-corrected chi connectivity index (χ2v) is 6.18. The van der Waals surface area contributed by atoms with Gasteiger partial charge in [-0.15, -0.1) is 0 Å². The van der Waals surface area contributed by atoms with Crippen LogP contribution in [0.2, 0.25) is 10.0 Å². The third kappa shape index (κ3) is 4.03. The number of benzene rings is 2. The molecule has 0 bridgehead atoms. The molecule has 2 N–H and O–H groups in total. The maximum Gasteiger partial charge on any atom is 0.166 e. The molecule has 3 rings (SSSR count). The van der Waals surface area contributed by atoms with E-state index in [9.17, 15) is 4.39 Å². The van der Waals surface area contributed by atoms with Gasteiger partial charge in [-0.3, -0.25) is 0 Å². The molecule has 3 aromatic rings. The number of hydrogen-bond donors (Lipinski definition) is 1. The second-order valence-electron chi connectivity index (χ2n) is 5.39. The van der Waals surface area contributed by atoms with Gasteiger partial charge in [0.25, 0.3) is 0 Å². The van der Waals surface area contributed by atoms with Gasteiger partial charge in [-0.05, 0) is 29.3 Å². The molecular formula is C19H15Cl2FN2O. The molecule has 0 spiro atoms. The highest BCUT2D eigenvalue weighted by molar-refractivity contribution is 6.36. The van der Waals surface area contributed by atoms with Crippen LogP contribution in [-0.2, 0) is 6.42 Å². The van der Waals surface area contributed by atoms with Crippen molar-refractivity contribution in [2.24, 2.45) is 0 Å². The van der Waals surface area contributed by atoms with Crippen LogP contribution in [-0.4, -0.2) is 11.6 Å².